The van der Waals surface area contributed by atoms with E-state index in [9.17, 15) is 8.78 Å². The predicted octanol–water partition coefficient (Wildman–Crippen LogP) is 3.31. The molecule has 0 unspecified atom stereocenters. The molecule has 0 bridgehead atoms. The summed E-state index contributed by atoms with van der Waals surface area (Å²) < 4.78 is 26.4. The zero-order valence-electron chi connectivity index (χ0n) is 9.32. The maximum Gasteiger partial charge on any atom is 0.148 e. The summed E-state index contributed by atoms with van der Waals surface area (Å²) in [6.45, 7) is 0. The lowest BCUT2D eigenvalue weighted by atomic mass is 10.2. The third-order valence-electron chi connectivity index (χ3n) is 2.55. The van der Waals surface area contributed by atoms with Gasteiger partial charge in [0.05, 0.1) is 5.69 Å². The van der Waals surface area contributed by atoms with Crippen molar-refractivity contribution < 1.29 is 8.78 Å². The van der Waals surface area contributed by atoms with Crippen LogP contribution in [0.3, 0.4) is 0 Å². The number of anilines is 3. The molecule has 0 aliphatic heterocycles. The Morgan fingerprint density at radius 2 is 1.65 bits per heavy atom. The first-order valence-corrected chi connectivity index (χ1v) is 5.12. The van der Waals surface area contributed by atoms with E-state index in [1.54, 1.807) is 36.2 Å². The van der Waals surface area contributed by atoms with Crippen molar-refractivity contribution in [2.45, 2.75) is 0 Å². The molecular formula is C13H12F2N2. The van der Waals surface area contributed by atoms with E-state index in [1.807, 2.05) is 0 Å². The van der Waals surface area contributed by atoms with Gasteiger partial charge in [0.1, 0.15) is 11.6 Å². The Bertz CT molecular complexity index is 523. The van der Waals surface area contributed by atoms with Crippen LogP contribution in [0, 0.1) is 11.6 Å². The highest BCUT2D eigenvalue weighted by Gasteiger charge is 2.09. The van der Waals surface area contributed by atoms with Gasteiger partial charge in [0, 0.05) is 18.4 Å². The summed E-state index contributed by atoms with van der Waals surface area (Å²) in [6, 6.07) is 10.3. The van der Waals surface area contributed by atoms with E-state index in [1.165, 1.54) is 18.2 Å². The van der Waals surface area contributed by atoms with Crippen LogP contribution < -0.4 is 10.6 Å². The molecule has 2 aromatic rings. The Labute approximate surface area is 98.3 Å². The average molecular weight is 234 g/mol. The fourth-order valence-electron chi connectivity index (χ4n) is 1.60. The Balaban J connectivity index is 2.36. The van der Waals surface area contributed by atoms with Gasteiger partial charge in [-0.3, -0.25) is 0 Å². The quantitative estimate of drug-likeness (QED) is 0.808. The standard InChI is InChI=1S/C13H12F2N2/c1-17(11-5-2-9(14)3-6-11)13-7-4-10(16)8-12(13)15/h2-8H,16H2,1H3. The number of benzene rings is 2. The molecule has 0 radical (unpaired) electrons. The lowest BCUT2D eigenvalue weighted by Gasteiger charge is -2.20. The molecular weight excluding hydrogens is 222 g/mol. The maximum absolute atomic E-state index is 13.7. The Morgan fingerprint density at radius 3 is 2.24 bits per heavy atom. The zero-order chi connectivity index (χ0) is 12.4. The van der Waals surface area contributed by atoms with Gasteiger partial charge in [-0.1, -0.05) is 0 Å². The first-order valence-electron chi connectivity index (χ1n) is 5.12. The van der Waals surface area contributed by atoms with Crippen LogP contribution >= 0.6 is 0 Å². The van der Waals surface area contributed by atoms with Gasteiger partial charge < -0.3 is 10.6 Å². The highest BCUT2D eigenvalue weighted by atomic mass is 19.1. The highest BCUT2D eigenvalue weighted by molar-refractivity contribution is 5.64. The predicted molar refractivity (Wildman–Crippen MR) is 65.3 cm³/mol. The maximum atomic E-state index is 13.7. The summed E-state index contributed by atoms with van der Waals surface area (Å²) in [5.74, 6) is -0.725. The van der Waals surface area contributed by atoms with Crippen LogP contribution in [-0.2, 0) is 0 Å². The first kappa shape index (κ1) is 11.4. The molecule has 0 fully saturated rings. The third-order valence-corrected chi connectivity index (χ3v) is 2.55. The lowest BCUT2D eigenvalue weighted by Crippen LogP contribution is -2.11. The van der Waals surface area contributed by atoms with Gasteiger partial charge >= 0.3 is 0 Å². The number of halogens is 2. The zero-order valence-corrected chi connectivity index (χ0v) is 9.32. The minimum absolute atomic E-state index is 0.320. The van der Waals surface area contributed by atoms with E-state index >= 15 is 0 Å². The van der Waals surface area contributed by atoms with Crippen molar-refractivity contribution >= 4 is 17.1 Å². The topological polar surface area (TPSA) is 29.3 Å². The van der Waals surface area contributed by atoms with Crippen molar-refractivity contribution in [1.29, 1.82) is 0 Å². The fourth-order valence-corrected chi connectivity index (χ4v) is 1.60. The van der Waals surface area contributed by atoms with Gasteiger partial charge in [0.15, 0.2) is 0 Å². The highest BCUT2D eigenvalue weighted by Crippen LogP contribution is 2.27. The lowest BCUT2D eigenvalue weighted by molar-refractivity contribution is 0.626. The van der Waals surface area contributed by atoms with E-state index in [0.29, 0.717) is 17.1 Å². The molecule has 0 saturated heterocycles. The van der Waals surface area contributed by atoms with Crippen molar-refractivity contribution in [1.82, 2.24) is 0 Å². The largest absolute Gasteiger partial charge is 0.399 e. The van der Waals surface area contributed by atoms with Gasteiger partial charge in [-0.25, -0.2) is 8.78 Å². The number of rotatable bonds is 2. The molecule has 0 aliphatic rings. The second-order valence-electron chi connectivity index (χ2n) is 3.75. The molecule has 0 amide bonds. The molecule has 4 heteroatoms. The second kappa shape index (κ2) is 4.41. The number of nitrogens with two attached hydrogens (primary N) is 1. The average Bonchev–Trinajstić information content (AvgIpc) is 2.29. The van der Waals surface area contributed by atoms with E-state index in [0.717, 1.165) is 0 Å². The normalized spacial score (nSPS) is 10.3. The summed E-state index contributed by atoms with van der Waals surface area (Å²) in [7, 11) is 1.71. The second-order valence-corrected chi connectivity index (χ2v) is 3.75. The van der Waals surface area contributed by atoms with Crippen molar-refractivity contribution in [2.24, 2.45) is 0 Å². The van der Waals surface area contributed by atoms with Crippen LogP contribution in [0.5, 0.6) is 0 Å². The number of hydrogen-bond acceptors (Lipinski definition) is 2. The van der Waals surface area contributed by atoms with Crippen molar-refractivity contribution in [3.05, 3.63) is 54.1 Å². The van der Waals surface area contributed by atoms with Crippen molar-refractivity contribution in [3.8, 4) is 0 Å². The molecule has 2 nitrogen and oxygen atoms in total. The van der Waals surface area contributed by atoms with Crippen molar-refractivity contribution in [3.63, 3.8) is 0 Å². The van der Waals surface area contributed by atoms with Crippen LogP contribution in [0.25, 0.3) is 0 Å². The number of hydrogen-bond donors (Lipinski definition) is 1. The molecule has 0 aromatic heterocycles. The van der Waals surface area contributed by atoms with Gasteiger partial charge in [-0.2, -0.15) is 0 Å². The molecule has 0 aliphatic carbocycles. The van der Waals surface area contributed by atoms with E-state index in [4.69, 9.17) is 5.73 Å². The smallest absolute Gasteiger partial charge is 0.148 e. The molecule has 0 atom stereocenters. The minimum atomic E-state index is -0.406. The number of nitrogens with zero attached hydrogens (tertiary/aromatic N) is 1. The third kappa shape index (κ3) is 2.36. The summed E-state index contributed by atoms with van der Waals surface area (Å²) in [5.41, 5.74) is 6.95. The van der Waals surface area contributed by atoms with Gasteiger partial charge in [-0.15, -0.1) is 0 Å². The Kier molecular flexibility index (Phi) is 2.95. The molecule has 17 heavy (non-hydrogen) atoms. The number of nitrogen functional groups attached to an aromatic ring is 1. The van der Waals surface area contributed by atoms with Crippen LogP contribution in [0.1, 0.15) is 0 Å². The molecule has 0 saturated carbocycles. The van der Waals surface area contributed by atoms with Crippen LogP contribution in [0.4, 0.5) is 25.8 Å². The SMILES string of the molecule is CN(c1ccc(F)cc1)c1ccc(N)cc1F. The summed E-state index contributed by atoms with van der Waals surface area (Å²) in [4.78, 5) is 1.63. The van der Waals surface area contributed by atoms with Gasteiger partial charge in [-0.05, 0) is 42.5 Å². The van der Waals surface area contributed by atoms with Crippen molar-refractivity contribution in [2.75, 3.05) is 17.7 Å². The molecule has 0 heterocycles. The van der Waals surface area contributed by atoms with Gasteiger partial charge in [0.25, 0.3) is 0 Å². The molecule has 2 aromatic carbocycles. The minimum Gasteiger partial charge on any atom is -0.399 e. The summed E-state index contributed by atoms with van der Waals surface area (Å²) in [5, 5.41) is 0. The van der Waals surface area contributed by atoms with Crippen LogP contribution in [0.2, 0.25) is 0 Å². The van der Waals surface area contributed by atoms with Crippen LogP contribution in [-0.4, -0.2) is 7.05 Å². The van der Waals surface area contributed by atoms with E-state index < -0.39 is 5.82 Å². The molecule has 2 N–H and O–H groups in total. The molecule has 88 valence electrons. The van der Waals surface area contributed by atoms with E-state index in [2.05, 4.69) is 0 Å². The van der Waals surface area contributed by atoms with E-state index in [-0.39, 0.29) is 5.82 Å². The molecule has 0 spiro atoms. The molecule has 2 rings (SSSR count). The summed E-state index contributed by atoms with van der Waals surface area (Å²) >= 11 is 0. The monoisotopic (exact) mass is 234 g/mol. The Morgan fingerprint density at radius 1 is 1.00 bits per heavy atom. The fraction of sp³-hybridized carbons (Fsp3) is 0.0769. The Hall–Kier alpha value is -2.10. The summed E-state index contributed by atoms with van der Waals surface area (Å²) in [6.07, 6.45) is 0. The van der Waals surface area contributed by atoms with Gasteiger partial charge in [0.2, 0.25) is 0 Å². The first-order chi connectivity index (χ1) is 8.08. The van der Waals surface area contributed by atoms with Crippen LogP contribution in [0.15, 0.2) is 42.5 Å².